The molecule has 1 amide bonds. The summed E-state index contributed by atoms with van der Waals surface area (Å²) in [5, 5.41) is 24.2. The first-order valence-corrected chi connectivity index (χ1v) is 16.4. The van der Waals surface area contributed by atoms with Gasteiger partial charge in [-0.3, -0.25) is 14.4 Å². The summed E-state index contributed by atoms with van der Waals surface area (Å²) in [6.07, 6.45) is 0.691. The summed E-state index contributed by atoms with van der Waals surface area (Å²) in [6.45, 7) is 9.23. The average molecular weight is 687 g/mol. The van der Waals surface area contributed by atoms with Crippen molar-refractivity contribution in [3.05, 3.63) is 71.5 Å². The van der Waals surface area contributed by atoms with E-state index < -0.39 is 24.3 Å². The zero-order valence-electron chi connectivity index (χ0n) is 28.3. The van der Waals surface area contributed by atoms with E-state index in [1.807, 2.05) is 12.1 Å². The fraction of sp³-hybridized carbons (Fsp3) is 0.429. The molecule has 0 saturated carbocycles. The zero-order chi connectivity index (χ0) is 35.6. The lowest BCUT2D eigenvalue weighted by Gasteiger charge is -2.43. The molecule has 3 aliphatic rings. The topological polar surface area (TPSA) is 170 Å². The van der Waals surface area contributed by atoms with Crippen LogP contribution in [0.5, 0.6) is 5.75 Å². The number of ether oxygens (including phenoxy) is 2. The van der Waals surface area contributed by atoms with Gasteiger partial charge in [-0.15, -0.1) is 0 Å². The maximum Gasteiger partial charge on any atom is 0.256 e. The normalized spacial score (nSPS) is 20.8. The Labute approximate surface area is 290 Å². The number of piperidine rings is 1. The maximum atomic E-state index is 15.2. The number of likely N-dealkylation sites (tertiary alicyclic amines) is 1. The number of aliphatic imine (C=N–C) groups is 3. The molecule has 0 radical (unpaired) electrons. The molecule has 0 spiro atoms. The molecule has 3 fully saturated rings. The largest absolute Gasteiger partial charge is 0.486 e. The molecule has 3 saturated heterocycles. The number of amides is 1. The molecule has 264 valence electrons. The van der Waals surface area contributed by atoms with Crippen LogP contribution in [0.25, 0.3) is 0 Å². The highest BCUT2D eigenvalue weighted by Crippen LogP contribution is 2.28. The number of aliphatic hydroxyl groups is 1. The number of hydrogen-bond donors (Lipinski definition) is 2. The van der Waals surface area contributed by atoms with Crippen molar-refractivity contribution in [2.75, 3.05) is 64.4 Å². The molecule has 4 heterocycles. The van der Waals surface area contributed by atoms with Gasteiger partial charge in [0, 0.05) is 69.2 Å². The molecule has 0 aliphatic carbocycles. The van der Waals surface area contributed by atoms with Crippen LogP contribution in [0.3, 0.4) is 0 Å². The lowest BCUT2D eigenvalue weighted by molar-refractivity contribution is -0.144. The van der Waals surface area contributed by atoms with Crippen LogP contribution in [0.4, 0.5) is 15.8 Å². The van der Waals surface area contributed by atoms with Crippen molar-refractivity contribution < 1.29 is 23.8 Å². The number of amidine groups is 1. The van der Waals surface area contributed by atoms with Crippen LogP contribution >= 0.6 is 0 Å². The third-order valence-corrected chi connectivity index (χ3v) is 8.91. The van der Waals surface area contributed by atoms with Crippen molar-refractivity contribution in [1.29, 1.82) is 5.26 Å². The van der Waals surface area contributed by atoms with Crippen LogP contribution in [0, 0.1) is 11.3 Å². The molecular weight excluding hydrogens is 643 g/mol. The van der Waals surface area contributed by atoms with Crippen molar-refractivity contribution in [3.8, 4) is 11.8 Å². The van der Waals surface area contributed by atoms with Crippen LogP contribution < -0.4 is 15.4 Å². The third-order valence-electron chi connectivity index (χ3n) is 8.91. The zero-order valence-corrected chi connectivity index (χ0v) is 28.3. The number of alkyl halides is 1. The van der Waals surface area contributed by atoms with E-state index in [0.717, 1.165) is 50.8 Å². The first-order valence-electron chi connectivity index (χ1n) is 16.4. The summed E-state index contributed by atoms with van der Waals surface area (Å²) < 4.78 is 27.9. The highest BCUT2D eigenvalue weighted by atomic mass is 19.1. The minimum Gasteiger partial charge on any atom is -0.486 e. The van der Waals surface area contributed by atoms with Crippen LogP contribution in [0.15, 0.2) is 69.8 Å². The lowest BCUT2D eigenvalue weighted by atomic mass is 10.0. The highest BCUT2D eigenvalue weighted by Gasteiger charge is 2.36. The van der Waals surface area contributed by atoms with Crippen molar-refractivity contribution in [3.63, 3.8) is 0 Å². The summed E-state index contributed by atoms with van der Waals surface area (Å²) in [7, 11) is 3.18. The first kappa shape index (κ1) is 36.3. The SMILES string of the molecule is C=NC(=NC=Nc1ccc(N2CCN(C3COC3)CC2)cc1)c1ccc(O[C@H]2CCN(C(=O)C(O)c3cnn(C)c3)C[C@H]2F)c(C#N)c1.CN. The van der Waals surface area contributed by atoms with Gasteiger partial charge >= 0.3 is 0 Å². The standard InChI is InChI=1S/C34H38FN9O4.CH5N/c1-37-33(39-22-38-26-4-6-27(7-5-26)42-11-13-43(14-12-42)28-20-47-21-28)23-3-8-30(24(15-23)16-36)48-31-9-10-44(19-29(31)35)34(46)32(45)25-17-40-41(2)18-25;1-2/h3-8,15,17-18,22,28-29,31-32,45H,1,9-14,19-21H2,2H3;2H2,1H3/t29-,31+,32?;/m1./s1. The molecule has 3 aromatic rings. The van der Waals surface area contributed by atoms with Gasteiger partial charge in [0.05, 0.1) is 43.2 Å². The van der Waals surface area contributed by atoms with Crippen LogP contribution in [0.2, 0.25) is 0 Å². The molecule has 2 aromatic carbocycles. The predicted octanol–water partition coefficient (Wildman–Crippen LogP) is 2.25. The number of hydrogen-bond acceptors (Lipinski definition) is 10. The van der Waals surface area contributed by atoms with Crippen LogP contribution in [-0.2, 0) is 16.6 Å². The second-order valence-electron chi connectivity index (χ2n) is 12.0. The Morgan fingerprint density at radius 3 is 2.52 bits per heavy atom. The van der Waals surface area contributed by atoms with Gasteiger partial charge < -0.3 is 30.1 Å². The van der Waals surface area contributed by atoms with E-state index in [4.69, 9.17) is 9.47 Å². The number of nitrogens with zero attached hydrogens (tertiary/aromatic N) is 9. The van der Waals surface area contributed by atoms with Gasteiger partial charge in [-0.05, 0) is 56.2 Å². The summed E-state index contributed by atoms with van der Waals surface area (Å²) in [5.74, 6) is -0.129. The number of benzene rings is 2. The van der Waals surface area contributed by atoms with Gasteiger partial charge in [-0.1, -0.05) is 0 Å². The smallest absolute Gasteiger partial charge is 0.256 e. The molecule has 3 aliphatic heterocycles. The molecule has 14 nitrogen and oxygen atoms in total. The Bertz CT molecular complexity index is 1710. The number of anilines is 1. The Hall–Kier alpha value is -5.01. The fourth-order valence-corrected chi connectivity index (χ4v) is 6.02. The van der Waals surface area contributed by atoms with Crippen LogP contribution in [0.1, 0.15) is 29.2 Å². The molecule has 3 N–H and O–H groups in total. The number of aromatic nitrogens is 2. The van der Waals surface area contributed by atoms with Gasteiger partial charge in [-0.25, -0.2) is 19.4 Å². The third kappa shape index (κ3) is 8.58. The van der Waals surface area contributed by atoms with Crippen molar-refractivity contribution in [2.45, 2.75) is 30.8 Å². The first-order chi connectivity index (χ1) is 24.3. The Morgan fingerprint density at radius 2 is 1.92 bits per heavy atom. The second kappa shape index (κ2) is 17.1. The number of nitrogens with two attached hydrogens (primary N) is 1. The Kier molecular flexibility index (Phi) is 12.4. The van der Waals surface area contributed by atoms with Crippen molar-refractivity contribution in [1.82, 2.24) is 19.6 Å². The van der Waals surface area contributed by atoms with E-state index >= 15 is 4.39 Å². The number of aliphatic hydroxyl groups excluding tert-OH is 1. The van der Waals surface area contributed by atoms with E-state index in [2.05, 4.69) is 60.5 Å². The number of halogens is 1. The predicted molar refractivity (Wildman–Crippen MR) is 189 cm³/mol. The Morgan fingerprint density at radius 1 is 1.18 bits per heavy atom. The highest BCUT2D eigenvalue weighted by molar-refractivity contribution is 6.05. The van der Waals surface area contributed by atoms with E-state index in [0.29, 0.717) is 17.2 Å². The number of piperazine rings is 1. The number of aryl methyl sites for hydroxylation is 1. The second-order valence-corrected chi connectivity index (χ2v) is 12.0. The maximum absolute atomic E-state index is 15.2. The molecule has 1 unspecified atom stereocenters. The van der Waals surface area contributed by atoms with Gasteiger partial charge in [0.25, 0.3) is 5.91 Å². The molecular formula is C35H43FN10O4. The van der Waals surface area contributed by atoms with Gasteiger partial charge in [0.2, 0.25) is 0 Å². The average Bonchev–Trinajstić information content (AvgIpc) is 3.57. The minimum atomic E-state index is -1.52. The summed E-state index contributed by atoms with van der Waals surface area (Å²) in [4.78, 5) is 31.7. The summed E-state index contributed by atoms with van der Waals surface area (Å²) in [6, 6.07) is 15.4. The van der Waals surface area contributed by atoms with Crippen LogP contribution in [-0.4, -0.2) is 127 Å². The number of nitriles is 1. The van der Waals surface area contributed by atoms with Gasteiger partial charge in [0.15, 0.2) is 18.1 Å². The lowest BCUT2D eigenvalue weighted by Crippen LogP contribution is -2.56. The monoisotopic (exact) mass is 686 g/mol. The van der Waals surface area contributed by atoms with E-state index in [1.165, 1.54) is 35.4 Å². The quantitative estimate of drug-likeness (QED) is 0.253. The molecule has 1 aromatic heterocycles. The summed E-state index contributed by atoms with van der Waals surface area (Å²) >= 11 is 0. The van der Waals surface area contributed by atoms with E-state index in [-0.39, 0.29) is 36.7 Å². The molecule has 50 heavy (non-hydrogen) atoms. The van der Waals surface area contributed by atoms with Crippen molar-refractivity contribution >= 4 is 36.2 Å². The molecule has 6 rings (SSSR count). The van der Waals surface area contributed by atoms with E-state index in [9.17, 15) is 15.2 Å². The Balaban J connectivity index is 0.00000239. The molecule has 0 bridgehead atoms. The van der Waals surface area contributed by atoms with Gasteiger partial charge in [0.1, 0.15) is 24.3 Å². The summed E-state index contributed by atoms with van der Waals surface area (Å²) in [5.41, 5.74) is 7.42. The number of carbonyl (C=O) groups excluding carboxylic acids is 1. The van der Waals surface area contributed by atoms with Crippen molar-refractivity contribution in [2.24, 2.45) is 27.8 Å². The number of carbonyl (C=O) groups is 1. The fourth-order valence-electron chi connectivity index (χ4n) is 6.02. The molecule has 3 atom stereocenters. The minimum absolute atomic E-state index is 0.177. The van der Waals surface area contributed by atoms with Gasteiger partial charge in [-0.2, -0.15) is 10.4 Å². The molecule has 15 heteroatoms. The van der Waals surface area contributed by atoms with E-state index in [1.54, 1.807) is 25.2 Å². The number of rotatable bonds is 9.